The van der Waals surface area contributed by atoms with Gasteiger partial charge in [0.1, 0.15) is 11.6 Å². The lowest BCUT2D eigenvalue weighted by molar-refractivity contribution is 0.357. The molecule has 4 heteroatoms. The number of benzene rings is 1. The second kappa shape index (κ2) is 8.74. The van der Waals surface area contributed by atoms with E-state index in [0.29, 0.717) is 12.3 Å². The molecule has 1 aliphatic rings. The number of hydrogen-bond acceptors (Lipinski definition) is 2. The summed E-state index contributed by atoms with van der Waals surface area (Å²) < 4.78 is 27.7. The van der Waals surface area contributed by atoms with E-state index in [2.05, 4.69) is 12.2 Å². The molecule has 1 nitrogen and oxygen atoms in total. The van der Waals surface area contributed by atoms with Crippen molar-refractivity contribution in [3.63, 3.8) is 0 Å². The fraction of sp³-hybridized carbons (Fsp3) is 0.647. The molecule has 1 saturated heterocycles. The molecule has 0 amide bonds. The van der Waals surface area contributed by atoms with Crippen LogP contribution in [0.4, 0.5) is 8.78 Å². The summed E-state index contributed by atoms with van der Waals surface area (Å²) in [5, 5.41) is 3.48. The van der Waals surface area contributed by atoms with E-state index in [1.54, 1.807) is 0 Å². The van der Waals surface area contributed by atoms with Crippen LogP contribution in [0.3, 0.4) is 0 Å². The molecule has 21 heavy (non-hydrogen) atoms. The summed E-state index contributed by atoms with van der Waals surface area (Å²) in [4.78, 5) is 0. The van der Waals surface area contributed by atoms with Gasteiger partial charge in [-0.25, -0.2) is 8.78 Å². The molecule has 1 atom stereocenters. The molecule has 0 bridgehead atoms. The third kappa shape index (κ3) is 5.26. The molecule has 0 aromatic heterocycles. The van der Waals surface area contributed by atoms with Crippen LogP contribution in [0.1, 0.15) is 38.2 Å². The standard InChI is InChI=1S/C17H25F2NS/c1-2-8-20-14(11-13-6-9-21-10-7-13)12-15-16(18)4-3-5-17(15)19/h3-5,13-14,20H,2,6-12H2,1H3. The zero-order valence-corrected chi connectivity index (χ0v) is 13.5. The Morgan fingerprint density at radius 2 is 1.90 bits per heavy atom. The first-order chi connectivity index (χ1) is 10.2. The topological polar surface area (TPSA) is 12.0 Å². The maximum atomic E-state index is 13.8. The average Bonchev–Trinajstić information content (AvgIpc) is 2.49. The van der Waals surface area contributed by atoms with Crippen molar-refractivity contribution in [1.82, 2.24) is 5.32 Å². The Morgan fingerprint density at radius 1 is 1.24 bits per heavy atom. The Kier molecular flexibility index (Phi) is 6.97. The second-order valence-electron chi connectivity index (χ2n) is 5.85. The average molecular weight is 313 g/mol. The largest absolute Gasteiger partial charge is 0.314 e. The van der Waals surface area contributed by atoms with Gasteiger partial charge >= 0.3 is 0 Å². The van der Waals surface area contributed by atoms with Crippen molar-refractivity contribution in [2.45, 2.75) is 45.1 Å². The van der Waals surface area contributed by atoms with Crippen molar-refractivity contribution in [2.24, 2.45) is 5.92 Å². The summed E-state index contributed by atoms with van der Waals surface area (Å²) in [5.74, 6) is 2.30. The summed E-state index contributed by atoms with van der Waals surface area (Å²) >= 11 is 2.01. The lowest BCUT2D eigenvalue weighted by Crippen LogP contribution is -2.35. The zero-order chi connectivity index (χ0) is 15.1. The highest BCUT2D eigenvalue weighted by Gasteiger charge is 2.21. The van der Waals surface area contributed by atoms with E-state index in [-0.39, 0.29) is 11.6 Å². The van der Waals surface area contributed by atoms with Gasteiger partial charge in [0.25, 0.3) is 0 Å². The van der Waals surface area contributed by atoms with Crippen molar-refractivity contribution in [3.05, 3.63) is 35.4 Å². The molecular formula is C17H25F2NS. The SMILES string of the molecule is CCCNC(Cc1c(F)cccc1F)CC1CCSCC1. The molecule has 118 valence electrons. The molecule has 1 fully saturated rings. The fourth-order valence-electron chi connectivity index (χ4n) is 2.95. The maximum Gasteiger partial charge on any atom is 0.129 e. The smallest absolute Gasteiger partial charge is 0.129 e. The fourth-order valence-corrected chi connectivity index (χ4v) is 4.15. The molecule has 1 N–H and O–H groups in total. The van der Waals surface area contributed by atoms with Crippen LogP contribution in [0.2, 0.25) is 0 Å². The molecule has 1 heterocycles. The Labute approximate surface area is 130 Å². The molecule has 0 saturated carbocycles. The summed E-state index contributed by atoms with van der Waals surface area (Å²) in [7, 11) is 0. The minimum Gasteiger partial charge on any atom is -0.314 e. The van der Waals surface area contributed by atoms with Crippen molar-refractivity contribution in [3.8, 4) is 0 Å². The second-order valence-corrected chi connectivity index (χ2v) is 7.07. The van der Waals surface area contributed by atoms with E-state index >= 15 is 0 Å². The third-order valence-electron chi connectivity index (χ3n) is 4.15. The first-order valence-electron chi connectivity index (χ1n) is 7.94. The van der Waals surface area contributed by atoms with E-state index in [4.69, 9.17) is 0 Å². The van der Waals surface area contributed by atoms with Crippen molar-refractivity contribution >= 4 is 11.8 Å². The first-order valence-corrected chi connectivity index (χ1v) is 9.10. The number of nitrogens with one attached hydrogen (secondary N) is 1. The molecule has 1 aliphatic heterocycles. The van der Waals surface area contributed by atoms with Gasteiger partial charge in [0, 0.05) is 11.6 Å². The van der Waals surface area contributed by atoms with E-state index < -0.39 is 11.6 Å². The van der Waals surface area contributed by atoms with Gasteiger partial charge in [-0.05, 0) is 68.2 Å². The summed E-state index contributed by atoms with van der Waals surface area (Å²) in [6, 6.07) is 4.31. The molecule has 0 radical (unpaired) electrons. The Balaban J connectivity index is 2.01. The van der Waals surface area contributed by atoms with Crippen molar-refractivity contribution in [1.29, 1.82) is 0 Å². The number of halogens is 2. The highest BCUT2D eigenvalue weighted by Crippen LogP contribution is 2.27. The Bertz CT molecular complexity index is 413. The molecular weight excluding hydrogens is 288 g/mol. The van der Waals surface area contributed by atoms with Crippen LogP contribution < -0.4 is 5.32 Å². The summed E-state index contributed by atoms with van der Waals surface area (Å²) in [5.41, 5.74) is 0.233. The minimum atomic E-state index is -0.419. The number of hydrogen-bond donors (Lipinski definition) is 1. The molecule has 1 aromatic carbocycles. The molecule has 2 rings (SSSR count). The van der Waals surface area contributed by atoms with E-state index in [1.807, 2.05) is 11.8 Å². The van der Waals surface area contributed by atoms with Gasteiger partial charge in [0.2, 0.25) is 0 Å². The highest BCUT2D eigenvalue weighted by atomic mass is 32.2. The summed E-state index contributed by atoms with van der Waals surface area (Å²) in [6.45, 7) is 3.02. The third-order valence-corrected chi connectivity index (χ3v) is 5.20. The van der Waals surface area contributed by atoms with Gasteiger partial charge < -0.3 is 5.32 Å². The maximum absolute atomic E-state index is 13.8. The number of rotatable bonds is 7. The summed E-state index contributed by atoms with van der Waals surface area (Å²) in [6.07, 6.45) is 4.97. The van der Waals surface area contributed by atoms with Crippen LogP contribution in [0.5, 0.6) is 0 Å². The quantitative estimate of drug-likeness (QED) is 0.800. The van der Waals surface area contributed by atoms with Crippen LogP contribution in [0.15, 0.2) is 18.2 Å². The zero-order valence-electron chi connectivity index (χ0n) is 12.7. The van der Waals surface area contributed by atoms with Crippen LogP contribution in [-0.4, -0.2) is 24.1 Å². The lowest BCUT2D eigenvalue weighted by Gasteiger charge is -2.27. The molecule has 0 aliphatic carbocycles. The monoisotopic (exact) mass is 313 g/mol. The van der Waals surface area contributed by atoms with Gasteiger partial charge in [-0.3, -0.25) is 0 Å². The van der Waals surface area contributed by atoms with E-state index in [9.17, 15) is 8.78 Å². The van der Waals surface area contributed by atoms with Gasteiger partial charge in [-0.2, -0.15) is 11.8 Å². The number of thioether (sulfide) groups is 1. The van der Waals surface area contributed by atoms with E-state index in [1.165, 1.54) is 42.5 Å². The highest BCUT2D eigenvalue weighted by molar-refractivity contribution is 7.99. The van der Waals surface area contributed by atoms with Crippen molar-refractivity contribution in [2.75, 3.05) is 18.1 Å². The van der Waals surface area contributed by atoms with Crippen LogP contribution in [0, 0.1) is 17.6 Å². The predicted octanol–water partition coefficient (Wildman–Crippen LogP) is 4.41. The normalized spacial score (nSPS) is 17.9. The Morgan fingerprint density at radius 3 is 2.52 bits per heavy atom. The Hall–Kier alpha value is -0.610. The first kappa shape index (κ1) is 16.8. The van der Waals surface area contributed by atoms with Gasteiger partial charge in [-0.15, -0.1) is 0 Å². The van der Waals surface area contributed by atoms with Gasteiger partial charge in [-0.1, -0.05) is 13.0 Å². The molecule has 0 spiro atoms. The molecule has 1 unspecified atom stereocenters. The minimum absolute atomic E-state index is 0.171. The van der Waals surface area contributed by atoms with Crippen LogP contribution in [0.25, 0.3) is 0 Å². The van der Waals surface area contributed by atoms with Crippen LogP contribution in [-0.2, 0) is 6.42 Å². The van der Waals surface area contributed by atoms with E-state index in [0.717, 1.165) is 19.4 Å². The predicted molar refractivity (Wildman–Crippen MR) is 86.8 cm³/mol. The van der Waals surface area contributed by atoms with Crippen molar-refractivity contribution < 1.29 is 8.78 Å². The lowest BCUT2D eigenvalue weighted by atomic mass is 9.90. The van der Waals surface area contributed by atoms with Crippen LogP contribution >= 0.6 is 11.8 Å². The van der Waals surface area contributed by atoms with Gasteiger partial charge in [0.15, 0.2) is 0 Å². The molecule has 1 aromatic rings. The van der Waals surface area contributed by atoms with Gasteiger partial charge in [0.05, 0.1) is 0 Å².